The maximum absolute atomic E-state index is 9.78. The molecule has 5 rings (SSSR count). The molecule has 0 fully saturated rings. The molecular formula is C40H45OP. The molecule has 0 saturated carbocycles. The van der Waals surface area contributed by atoms with Crippen LogP contribution in [0.5, 0.6) is 5.75 Å². The third-order valence-electron chi connectivity index (χ3n) is 6.85. The first kappa shape index (κ1) is 31.3. The Morgan fingerprint density at radius 1 is 0.429 bits per heavy atom. The van der Waals surface area contributed by atoms with Gasteiger partial charge in [0.2, 0.25) is 0 Å². The minimum atomic E-state index is -0.660. The molecular weight excluding hydrogens is 527 g/mol. The average molecular weight is 573 g/mol. The van der Waals surface area contributed by atoms with Gasteiger partial charge in [-0.15, -0.1) is 0 Å². The van der Waals surface area contributed by atoms with Crippen molar-refractivity contribution in [2.75, 3.05) is 0 Å². The second-order valence-corrected chi connectivity index (χ2v) is 15.6. The quantitative estimate of drug-likeness (QED) is 0.201. The normalized spacial score (nSPS) is 11.6. The Balaban J connectivity index is 0.000000279. The average Bonchev–Trinajstić information content (AvgIpc) is 2.96. The number of rotatable bonds is 6. The van der Waals surface area contributed by atoms with E-state index in [9.17, 15) is 5.11 Å². The Labute approximate surface area is 255 Å². The van der Waals surface area contributed by atoms with Gasteiger partial charge in [-0.25, -0.2) is 0 Å². The second-order valence-electron chi connectivity index (χ2n) is 13.4. The molecule has 5 aromatic carbocycles. The van der Waals surface area contributed by atoms with E-state index in [1.54, 1.807) is 12.1 Å². The SMILES string of the molecule is CC(C)(C)Cc1ccc(P(c2ccc(O)cc2)c2ccc(CC(C)(C)C)cc2)cc1.c1ccc(-c2ccccc2)cc1. The van der Waals surface area contributed by atoms with Gasteiger partial charge in [0, 0.05) is 0 Å². The van der Waals surface area contributed by atoms with E-state index in [0.29, 0.717) is 5.75 Å². The van der Waals surface area contributed by atoms with Crippen molar-refractivity contribution in [1.29, 1.82) is 0 Å². The number of hydrogen-bond acceptors (Lipinski definition) is 1. The van der Waals surface area contributed by atoms with Gasteiger partial charge in [-0.05, 0) is 81.9 Å². The topological polar surface area (TPSA) is 20.2 Å². The summed E-state index contributed by atoms with van der Waals surface area (Å²) in [7, 11) is -0.660. The van der Waals surface area contributed by atoms with Gasteiger partial charge >= 0.3 is 0 Å². The van der Waals surface area contributed by atoms with Crippen molar-refractivity contribution in [3.63, 3.8) is 0 Å². The standard InChI is InChI=1S/C28H35OP.C12H10/c1-27(2,3)19-21-7-13-24(14-8-21)30(26-17-11-23(29)12-18-26)25-15-9-22(10-16-25)20-28(4,5)6;1-3-7-11(8-4-1)12-9-5-2-6-10-12/h7-18,29H,19-20H2,1-6H3;1-10H. The van der Waals surface area contributed by atoms with Gasteiger partial charge in [-0.2, -0.15) is 0 Å². The highest BCUT2D eigenvalue weighted by atomic mass is 31.1. The van der Waals surface area contributed by atoms with Gasteiger partial charge in [-0.3, -0.25) is 0 Å². The Bertz CT molecular complexity index is 1390. The molecule has 0 atom stereocenters. The summed E-state index contributed by atoms with van der Waals surface area (Å²) < 4.78 is 0. The lowest BCUT2D eigenvalue weighted by atomic mass is 9.88. The lowest BCUT2D eigenvalue weighted by Gasteiger charge is -2.22. The number of aromatic hydroxyl groups is 1. The summed E-state index contributed by atoms with van der Waals surface area (Å²) in [5.74, 6) is 0.315. The maximum atomic E-state index is 9.78. The largest absolute Gasteiger partial charge is 0.508 e. The first-order valence-corrected chi connectivity index (χ1v) is 16.2. The summed E-state index contributed by atoms with van der Waals surface area (Å²) in [6.45, 7) is 13.7. The van der Waals surface area contributed by atoms with Crippen molar-refractivity contribution in [3.05, 3.63) is 145 Å². The zero-order valence-corrected chi connectivity index (χ0v) is 26.9. The van der Waals surface area contributed by atoms with E-state index in [0.717, 1.165) is 12.8 Å². The molecule has 0 aliphatic rings. The van der Waals surface area contributed by atoms with E-state index in [2.05, 4.69) is 151 Å². The summed E-state index contributed by atoms with van der Waals surface area (Å²) in [5, 5.41) is 13.7. The molecule has 216 valence electrons. The van der Waals surface area contributed by atoms with Gasteiger partial charge in [0.25, 0.3) is 0 Å². The van der Waals surface area contributed by atoms with E-state index in [4.69, 9.17) is 0 Å². The zero-order valence-electron chi connectivity index (χ0n) is 26.0. The third-order valence-corrected chi connectivity index (χ3v) is 9.29. The highest BCUT2D eigenvalue weighted by molar-refractivity contribution is 7.79. The monoisotopic (exact) mass is 572 g/mol. The molecule has 0 bridgehead atoms. The smallest absolute Gasteiger partial charge is 0.115 e. The van der Waals surface area contributed by atoms with Crippen LogP contribution in [0.25, 0.3) is 11.1 Å². The van der Waals surface area contributed by atoms with Crippen LogP contribution in [0.1, 0.15) is 52.7 Å². The van der Waals surface area contributed by atoms with Crippen molar-refractivity contribution in [2.24, 2.45) is 10.8 Å². The zero-order chi connectivity index (χ0) is 30.2. The summed E-state index contributed by atoms with van der Waals surface area (Å²) in [4.78, 5) is 0. The molecule has 0 aliphatic heterocycles. The van der Waals surface area contributed by atoms with Crippen molar-refractivity contribution >= 4 is 23.8 Å². The van der Waals surface area contributed by atoms with Crippen LogP contribution in [0.2, 0.25) is 0 Å². The Morgan fingerprint density at radius 3 is 1.05 bits per heavy atom. The molecule has 0 radical (unpaired) electrons. The predicted octanol–water partition coefficient (Wildman–Crippen LogP) is 9.68. The molecule has 0 heterocycles. The molecule has 1 nitrogen and oxygen atoms in total. The summed E-state index contributed by atoms with van der Waals surface area (Å²) in [5.41, 5.74) is 5.88. The minimum absolute atomic E-state index is 0.284. The number of phenolic OH excluding ortho intramolecular Hbond substituents is 1. The molecule has 0 aliphatic carbocycles. The molecule has 0 amide bonds. The Kier molecular flexibility index (Phi) is 10.4. The lowest BCUT2D eigenvalue weighted by molar-refractivity contribution is 0.411. The minimum Gasteiger partial charge on any atom is -0.508 e. The van der Waals surface area contributed by atoms with Crippen LogP contribution < -0.4 is 15.9 Å². The van der Waals surface area contributed by atoms with Crippen molar-refractivity contribution in [3.8, 4) is 16.9 Å². The van der Waals surface area contributed by atoms with Gasteiger partial charge in [0.05, 0.1) is 0 Å². The predicted molar refractivity (Wildman–Crippen MR) is 185 cm³/mol. The van der Waals surface area contributed by atoms with Crippen molar-refractivity contribution < 1.29 is 5.11 Å². The molecule has 0 saturated heterocycles. The van der Waals surface area contributed by atoms with Gasteiger partial charge in [0.15, 0.2) is 0 Å². The fraction of sp³-hybridized carbons (Fsp3) is 0.250. The first-order chi connectivity index (χ1) is 20.0. The Morgan fingerprint density at radius 2 is 0.738 bits per heavy atom. The van der Waals surface area contributed by atoms with Gasteiger partial charge in [-0.1, -0.05) is 163 Å². The van der Waals surface area contributed by atoms with Crippen LogP contribution in [0, 0.1) is 10.8 Å². The van der Waals surface area contributed by atoms with Gasteiger partial charge < -0.3 is 5.11 Å². The number of hydrogen-bond donors (Lipinski definition) is 1. The first-order valence-electron chi connectivity index (χ1n) is 14.8. The van der Waals surface area contributed by atoms with Crippen LogP contribution in [-0.2, 0) is 12.8 Å². The number of phenols is 1. The molecule has 5 aromatic rings. The fourth-order valence-corrected chi connectivity index (χ4v) is 7.30. The lowest BCUT2D eigenvalue weighted by Crippen LogP contribution is -2.21. The van der Waals surface area contributed by atoms with Crippen molar-refractivity contribution in [2.45, 2.75) is 54.4 Å². The van der Waals surface area contributed by atoms with Crippen LogP contribution in [0.3, 0.4) is 0 Å². The van der Waals surface area contributed by atoms with E-state index in [1.807, 2.05) is 12.1 Å². The summed E-state index contributed by atoms with van der Waals surface area (Å²) in [6.07, 6.45) is 2.15. The second kappa shape index (κ2) is 14.0. The fourth-order valence-electron chi connectivity index (χ4n) is 5.06. The van der Waals surface area contributed by atoms with Gasteiger partial charge in [0.1, 0.15) is 5.75 Å². The van der Waals surface area contributed by atoms with E-state index in [1.165, 1.54) is 38.2 Å². The molecule has 0 aromatic heterocycles. The van der Waals surface area contributed by atoms with Crippen LogP contribution in [-0.4, -0.2) is 5.11 Å². The summed E-state index contributed by atoms with van der Waals surface area (Å²) >= 11 is 0. The molecule has 42 heavy (non-hydrogen) atoms. The van der Waals surface area contributed by atoms with Crippen LogP contribution in [0.15, 0.2) is 133 Å². The van der Waals surface area contributed by atoms with Crippen LogP contribution in [0.4, 0.5) is 0 Å². The highest BCUT2D eigenvalue weighted by Gasteiger charge is 2.19. The van der Waals surface area contributed by atoms with E-state index >= 15 is 0 Å². The molecule has 0 spiro atoms. The Hall–Kier alpha value is -3.67. The maximum Gasteiger partial charge on any atom is 0.115 e. The molecule has 2 heteroatoms. The molecule has 1 N–H and O–H groups in total. The third kappa shape index (κ3) is 9.71. The highest BCUT2D eigenvalue weighted by Crippen LogP contribution is 2.34. The van der Waals surface area contributed by atoms with E-state index in [-0.39, 0.29) is 10.8 Å². The van der Waals surface area contributed by atoms with Crippen LogP contribution >= 0.6 is 7.92 Å². The van der Waals surface area contributed by atoms with E-state index < -0.39 is 7.92 Å². The molecule has 0 unspecified atom stereocenters. The number of benzene rings is 5. The van der Waals surface area contributed by atoms with Crippen molar-refractivity contribution in [1.82, 2.24) is 0 Å². The summed E-state index contributed by atoms with van der Waals surface area (Å²) in [6, 6.07) is 46.8.